The Balaban J connectivity index is 1.99. The largest absolute Gasteiger partial charge is 0.426 e. The molecule has 0 saturated carbocycles. The van der Waals surface area contributed by atoms with Crippen LogP contribution >= 0.6 is 15.9 Å². The summed E-state index contributed by atoms with van der Waals surface area (Å²) in [4.78, 5) is 24.3. The smallest absolute Gasteiger partial charge is 0.373 e. The molecule has 0 aliphatic carbocycles. The molecule has 1 aromatic heterocycles. The normalized spacial score (nSPS) is 14.2. The van der Waals surface area contributed by atoms with Crippen molar-refractivity contribution in [2.24, 2.45) is 0 Å². The fraction of sp³-hybridized carbons (Fsp3) is 0.286. The second kappa shape index (κ2) is 8.49. The van der Waals surface area contributed by atoms with Crippen molar-refractivity contribution < 1.29 is 36.4 Å². The van der Waals surface area contributed by atoms with E-state index in [1.165, 1.54) is 26.0 Å². The van der Waals surface area contributed by atoms with Crippen molar-refractivity contribution in [3.63, 3.8) is 0 Å². The molecule has 0 aliphatic heterocycles. The van der Waals surface area contributed by atoms with Crippen LogP contribution in [0.2, 0.25) is 0 Å². The minimum Gasteiger partial charge on any atom is -0.373 e. The quantitative estimate of drug-likeness (QED) is 0.361. The summed E-state index contributed by atoms with van der Waals surface area (Å²) in [5, 5.41) is 16.1. The first-order valence-corrected chi connectivity index (χ1v) is 10.1. The molecule has 3 aromatic rings. The molecule has 176 valence electrons. The Labute approximate surface area is 191 Å². The van der Waals surface area contributed by atoms with Gasteiger partial charge in [-0.1, -0.05) is 19.0 Å². The Bertz CT molecular complexity index is 1290. The monoisotopic (exact) mass is 534 g/mol. The molecule has 1 unspecified atom stereocenters. The van der Waals surface area contributed by atoms with Gasteiger partial charge >= 0.3 is 11.8 Å². The maximum absolute atomic E-state index is 14.0. The number of nitrogens with zero attached hydrogens (tertiary/aromatic N) is 1. The van der Waals surface area contributed by atoms with E-state index in [1.807, 2.05) is 5.32 Å². The van der Waals surface area contributed by atoms with Gasteiger partial charge in [0.05, 0.1) is 16.1 Å². The van der Waals surface area contributed by atoms with Crippen LogP contribution in [0.15, 0.2) is 50.3 Å². The maximum Gasteiger partial charge on any atom is 0.426 e. The van der Waals surface area contributed by atoms with Crippen molar-refractivity contribution in [2.75, 3.05) is 5.32 Å². The number of carbonyl (C=O) groups excluding carboxylic acids is 1. The molecule has 2 aromatic carbocycles. The Morgan fingerprint density at radius 2 is 1.85 bits per heavy atom. The van der Waals surface area contributed by atoms with Crippen LogP contribution in [0.4, 0.5) is 27.6 Å². The number of amides is 1. The molecule has 1 atom stereocenters. The van der Waals surface area contributed by atoms with Crippen LogP contribution in [-0.2, 0) is 10.2 Å². The highest BCUT2D eigenvalue weighted by molar-refractivity contribution is 9.10. The molecule has 0 saturated heterocycles. The van der Waals surface area contributed by atoms with Gasteiger partial charge in [0.25, 0.3) is 5.91 Å². The zero-order chi connectivity index (χ0) is 24.8. The van der Waals surface area contributed by atoms with Crippen LogP contribution < -0.4 is 10.9 Å². The summed E-state index contributed by atoms with van der Waals surface area (Å²) in [5.41, 5.74) is -6.79. The van der Waals surface area contributed by atoms with Crippen molar-refractivity contribution in [3.8, 4) is 0 Å². The summed E-state index contributed by atoms with van der Waals surface area (Å²) in [6, 6.07) is 4.90. The van der Waals surface area contributed by atoms with E-state index in [0.717, 1.165) is 18.3 Å². The molecule has 12 heteroatoms. The second-order valence-corrected chi connectivity index (χ2v) is 8.83. The molecule has 6 nitrogen and oxygen atoms in total. The molecular formula is C21H16BrF5N2O4. The van der Waals surface area contributed by atoms with Gasteiger partial charge in [-0.15, -0.1) is 0 Å². The molecule has 0 fully saturated rings. The van der Waals surface area contributed by atoms with Gasteiger partial charge in [0.15, 0.2) is 0 Å². The van der Waals surface area contributed by atoms with Gasteiger partial charge in [-0.3, -0.25) is 4.79 Å². The fourth-order valence-electron chi connectivity index (χ4n) is 3.44. The number of alkyl halides is 3. The minimum atomic E-state index is -5.44. The van der Waals surface area contributed by atoms with E-state index in [9.17, 15) is 36.6 Å². The lowest BCUT2D eigenvalue weighted by Gasteiger charge is -2.37. The topological polar surface area (TPSA) is 92.4 Å². The lowest BCUT2D eigenvalue weighted by molar-refractivity contribution is -0.254. The summed E-state index contributed by atoms with van der Waals surface area (Å²) >= 11 is 2.88. The molecule has 0 spiro atoms. The SMILES string of the molecule is CC(C)(CC(O)(C(=O)Nc1ccc2c(=O)oncc2c1)C(F)(F)F)c1cc(F)cc(F)c1Br. The minimum absolute atomic E-state index is 0.0770. The van der Waals surface area contributed by atoms with Crippen LogP contribution in [-0.4, -0.2) is 27.9 Å². The van der Waals surface area contributed by atoms with Crippen molar-refractivity contribution >= 4 is 38.3 Å². The number of hydrogen-bond acceptors (Lipinski definition) is 5. The maximum atomic E-state index is 14.0. The highest BCUT2D eigenvalue weighted by Crippen LogP contribution is 2.44. The lowest BCUT2D eigenvalue weighted by Crippen LogP contribution is -2.57. The van der Waals surface area contributed by atoms with Crippen LogP contribution in [0.5, 0.6) is 0 Å². The number of anilines is 1. The van der Waals surface area contributed by atoms with Crippen molar-refractivity contribution in [1.29, 1.82) is 0 Å². The van der Waals surface area contributed by atoms with Gasteiger partial charge < -0.3 is 14.9 Å². The Kier molecular flexibility index (Phi) is 6.37. The van der Waals surface area contributed by atoms with E-state index < -0.39 is 46.8 Å². The zero-order valence-corrected chi connectivity index (χ0v) is 18.6. The van der Waals surface area contributed by atoms with Gasteiger partial charge in [0.1, 0.15) is 11.6 Å². The van der Waals surface area contributed by atoms with E-state index in [4.69, 9.17) is 0 Å². The van der Waals surface area contributed by atoms with E-state index in [-0.39, 0.29) is 26.5 Å². The molecule has 1 heterocycles. The van der Waals surface area contributed by atoms with Gasteiger partial charge in [-0.2, -0.15) is 13.2 Å². The molecule has 3 rings (SSSR count). The van der Waals surface area contributed by atoms with Crippen LogP contribution in [0.1, 0.15) is 25.8 Å². The zero-order valence-electron chi connectivity index (χ0n) is 17.1. The van der Waals surface area contributed by atoms with E-state index in [2.05, 4.69) is 25.6 Å². The standard InChI is InChI=1S/C21H16BrF5N2O4/c1-19(2,14-6-11(23)7-15(24)16(14)22)9-20(32,21(25,26)27)18(31)29-12-3-4-13-10(5-12)8-28-33-17(13)30/h3-8,32H,9H2,1-2H3,(H,29,31). The average Bonchev–Trinajstić information content (AvgIpc) is 2.69. The number of rotatable bonds is 5. The summed E-state index contributed by atoms with van der Waals surface area (Å²) in [6.07, 6.45) is -5.57. The van der Waals surface area contributed by atoms with E-state index in [1.54, 1.807) is 0 Å². The molecule has 33 heavy (non-hydrogen) atoms. The van der Waals surface area contributed by atoms with Gasteiger partial charge in [-0.25, -0.2) is 13.6 Å². The van der Waals surface area contributed by atoms with Crippen molar-refractivity contribution in [1.82, 2.24) is 5.16 Å². The van der Waals surface area contributed by atoms with Crippen molar-refractivity contribution in [2.45, 2.75) is 37.5 Å². The first-order chi connectivity index (χ1) is 15.2. The molecule has 0 bridgehead atoms. The third-order valence-electron chi connectivity index (χ3n) is 5.12. The number of benzene rings is 2. The highest BCUT2D eigenvalue weighted by Gasteiger charge is 2.61. The number of aliphatic hydroxyl groups is 1. The molecule has 0 radical (unpaired) electrons. The number of hydrogen-bond donors (Lipinski definition) is 2. The third-order valence-corrected chi connectivity index (χ3v) is 5.93. The number of nitrogens with one attached hydrogen (secondary N) is 1. The summed E-state index contributed by atoms with van der Waals surface area (Å²) in [6.45, 7) is 2.41. The van der Waals surface area contributed by atoms with Crippen LogP contribution in [0.25, 0.3) is 10.8 Å². The summed E-state index contributed by atoms with van der Waals surface area (Å²) in [7, 11) is 0. The van der Waals surface area contributed by atoms with Crippen molar-refractivity contribution in [3.05, 3.63) is 68.6 Å². The van der Waals surface area contributed by atoms with Gasteiger partial charge in [0, 0.05) is 23.6 Å². The van der Waals surface area contributed by atoms with E-state index >= 15 is 0 Å². The lowest BCUT2D eigenvalue weighted by atomic mass is 9.74. The molecule has 2 N–H and O–H groups in total. The number of carbonyl (C=O) groups is 1. The third kappa shape index (κ3) is 4.76. The predicted octanol–water partition coefficient (Wildman–Crippen LogP) is 4.83. The van der Waals surface area contributed by atoms with Gasteiger partial charge in [-0.05, 0) is 51.2 Å². The number of fused-ring (bicyclic) bond motifs is 1. The highest BCUT2D eigenvalue weighted by atomic mass is 79.9. The Hall–Kier alpha value is -2.86. The first kappa shape index (κ1) is 24.8. The average molecular weight is 535 g/mol. The summed E-state index contributed by atoms with van der Waals surface area (Å²) in [5.74, 6) is -3.90. The van der Waals surface area contributed by atoms with Crippen LogP contribution in [0, 0.1) is 11.6 Å². The van der Waals surface area contributed by atoms with Gasteiger partial charge in [0.2, 0.25) is 5.60 Å². The molecule has 0 aliphatic rings. The number of aromatic nitrogens is 1. The Morgan fingerprint density at radius 3 is 2.48 bits per heavy atom. The molecule has 1 amide bonds. The fourth-order valence-corrected chi connectivity index (χ4v) is 4.21. The van der Waals surface area contributed by atoms with Crippen LogP contribution in [0.3, 0.4) is 0 Å². The second-order valence-electron chi connectivity index (χ2n) is 8.04. The predicted molar refractivity (Wildman–Crippen MR) is 112 cm³/mol. The Morgan fingerprint density at radius 1 is 1.18 bits per heavy atom. The summed E-state index contributed by atoms with van der Waals surface area (Å²) < 4.78 is 73.7. The van der Waals surface area contributed by atoms with E-state index in [0.29, 0.717) is 6.07 Å². The first-order valence-electron chi connectivity index (χ1n) is 9.30. The number of halogens is 6. The molecular weight excluding hydrogens is 519 g/mol.